The summed E-state index contributed by atoms with van der Waals surface area (Å²) < 4.78 is 40.2. The van der Waals surface area contributed by atoms with E-state index in [9.17, 15) is 22.8 Å². The van der Waals surface area contributed by atoms with E-state index in [1.807, 2.05) is 42.7 Å². The minimum absolute atomic E-state index is 0.147. The fraction of sp³-hybridized carbons (Fsp3) is 0.553. The number of methoxy groups -OCH3 is 1. The Morgan fingerprint density at radius 2 is 1.88 bits per heavy atom. The predicted molar refractivity (Wildman–Crippen MR) is 199 cm³/mol. The Labute approximate surface area is 308 Å². The van der Waals surface area contributed by atoms with Gasteiger partial charge in [-0.05, 0) is 76.3 Å². The number of aromatic nitrogens is 2. The lowest BCUT2D eigenvalue weighted by Gasteiger charge is -2.26. The molecule has 2 N–H and O–H groups in total. The molecular formula is C38H47N5O7S2. The van der Waals surface area contributed by atoms with Crippen LogP contribution in [0.1, 0.15) is 82.4 Å². The van der Waals surface area contributed by atoms with Gasteiger partial charge in [0.1, 0.15) is 33.8 Å². The maximum Gasteiger partial charge on any atom is 0.259 e. The van der Waals surface area contributed by atoms with Crippen LogP contribution < -0.4 is 19.5 Å². The first-order chi connectivity index (χ1) is 24.8. The molecule has 3 saturated carbocycles. The monoisotopic (exact) mass is 749 g/mol. The van der Waals surface area contributed by atoms with E-state index < -0.39 is 50.6 Å². The van der Waals surface area contributed by atoms with Gasteiger partial charge in [-0.2, -0.15) is 0 Å². The summed E-state index contributed by atoms with van der Waals surface area (Å²) in [5, 5.41) is 5.95. The molecule has 0 spiro atoms. The largest absolute Gasteiger partial charge is 0.496 e. The molecule has 3 amide bonds. The third kappa shape index (κ3) is 7.03. The number of pyridine rings is 1. The van der Waals surface area contributed by atoms with Crippen molar-refractivity contribution in [2.45, 2.75) is 94.9 Å². The second-order valence-electron chi connectivity index (χ2n) is 15.1. The fourth-order valence-electron chi connectivity index (χ4n) is 7.55. The van der Waals surface area contributed by atoms with Gasteiger partial charge < -0.3 is 19.7 Å². The van der Waals surface area contributed by atoms with Crippen molar-refractivity contribution < 1.29 is 32.3 Å². The smallest absolute Gasteiger partial charge is 0.259 e. The van der Waals surface area contributed by atoms with Gasteiger partial charge in [0.05, 0.1) is 35.4 Å². The number of rotatable bonds is 8. The normalized spacial score (nSPS) is 27.4. The number of aryl methyl sites for hydroxylation is 1. The third-order valence-electron chi connectivity index (χ3n) is 11.0. The molecule has 4 aliphatic rings. The summed E-state index contributed by atoms with van der Waals surface area (Å²) in [5.41, 5.74) is 1.79. The van der Waals surface area contributed by atoms with Crippen molar-refractivity contribution in [1.29, 1.82) is 0 Å². The standard InChI is InChI=1S/C38H47N5O7S2/c1-21(2)30-20-51-35(40-30)29-18-32(26-13-14-31(49-5)22(3)33(26)39-29)50-24-16-27-28(17-24)36(45)43(4)15-9-7-6-8-10-23-19-38(23,41-34(27)44)37(46)42-52(47,48)25-11-12-25/h8,10,13-14,18,20-21,23-25,27-28H,6-7,9,11-12,15-17,19H2,1-5H3,(H,41,44)(H,42,46)/b10-8-. The van der Waals surface area contributed by atoms with Gasteiger partial charge in [0.25, 0.3) is 5.91 Å². The fourth-order valence-corrected chi connectivity index (χ4v) is 9.85. The summed E-state index contributed by atoms with van der Waals surface area (Å²) >= 11 is 1.51. The number of sulfonamides is 1. The highest BCUT2D eigenvalue weighted by molar-refractivity contribution is 7.91. The lowest BCUT2D eigenvalue weighted by molar-refractivity contribution is -0.140. The van der Waals surface area contributed by atoms with E-state index in [0.717, 1.165) is 40.9 Å². The van der Waals surface area contributed by atoms with Crippen LogP contribution in [0.25, 0.3) is 21.6 Å². The van der Waals surface area contributed by atoms with Crippen LogP contribution in [0.4, 0.5) is 0 Å². The lowest BCUT2D eigenvalue weighted by Crippen LogP contribution is -2.54. The van der Waals surface area contributed by atoms with Crippen molar-refractivity contribution in [2.24, 2.45) is 17.8 Å². The average molecular weight is 750 g/mol. The highest BCUT2D eigenvalue weighted by Crippen LogP contribution is 2.47. The van der Waals surface area contributed by atoms with E-state index in [1.165, 1.54) is 11.3 Å². The quantitative estimate of drug-likeness (QED) is 0.294. The van der Waals surface area contributed by atoms with Gasteiger partial charge in [-0.3, -0.25) is 19.1 Å². The Bertz CT molecular complexity index is 2040. The van der Waals surface area contributed by atoms with E-state index in [2.05, 4.69) is 23.9 Å². The number of carbonyl (C=O) groups excluding carboxylic acids is 3. The Morgan fingerprint density at radius 1 is 1.12 bits per heavy atom. The molecule has 2 aromatic heterocycles. The van der Waals surface area contributed by atoms with Crippen LogP contribution in [0.15, 0.2) is 35.7 Å². The first-order valence-corrected chi connectivity index (χ1v) is 20.6. The molecule has 3 heterocycles. The minimum Gasteiger partial charge on any atom is -0.496 e. The van der Waals surface area contributed by atoms with Gasteiger partial charge in [-0.25, -0.2) is 18.4 Å². The molecular weight excluding hydrogens is 703 g/mol. The molecule has 3 aromatic rings. The number of amides is 3. The van der Waals surface area contributed by atoms with E-state index in [4.69, 9.17) is 19.4 Å². The van der Waals surface area contributed by atoms with Gasteiger partial charge in [0.2, 0.25) is 21.8 Å². The third-order valence-corrected chi connectivity index (χ3v) is 13.7. The topological polar surface area (TPSA) is 157 Å². The van der Waals surface area contributed by atoms with E-state index in [1.54, 1.807) is 19.1 Å². The first kappa shape index (κ1) is 36.3. The number of hydrogen-bond donors (Lipinski definition) is 2. The molecule has 3 fully saturated rings. The Kier molecular flexibility index (Phi) is 9.83. The van der Waals surface area contributed by atoms with Gasteiger partial charge in [-0.15, -0.1) is 11.3 Å². The average Bonchev–Trinajstić information content (AvgIpc) is 3.98. The second kappa shape index (κ2) is 14.1. The number of fused-ring (bicyclic) bond motifs is 3. The van der Waals surface area contributed by atoms with Crippen molar-refractivity contribution >= 4 is 50.0 Å². The van der Waals surface area contributed by atoms with Crippen LogP contribution >= 0.6 is 11.3 Å². The molecule has 14 heteroatoms. The minimum atomic E-state index is -3.83. The molecule has 52 heavy (non-hydrogen) atoms. The highest BCUT2D eigenvalue weighted by atomic mass is 32.2. The predicted octanol–water partition coefficient (Wildman–Crippen LogP) is 5.25. The summed E-state index contributed by atoms with van der Waals surface area (Å²) in [6.07, 6.45) is 7.61. The first-order valence-electron chi connectivity index (χ1n) is 18.2. The SMILES string of the molecule is COc1ccc2c(OC3CC4C(=O)NC5(C(=O)NS(=O)(=O)C6CC6)CC5/C=C\CCCCN(C)C(=O)C4C3)cc(-c3nc(C(C)C)cs3)nc2c1C. The number of hydrogen-bond acceptors (Lipinski definition) is 10. The number of thiazole rings is 1. The number of benzene rings is 1. The van der Waals surface area contributed by atoms with E-state index in [0.29, 0.717) is 48.5 Å². The summed E-state index contributed by atoms with van der Waals surface area (Å²) in [5.74, 6) is -1.63. The number of nitrogens with zero attached hydrogens (tertiary/aromatic N) is 3. The number of nitrogens with one attached hydrogen (secondary N) is 2. The molecule has 1 aromatic carbocycles. The molecule has 5 atom stereocenters. The maximum atomic E-state index is 14.3. The summed E-state index contributed by atoms with van der Waals surface area (Å²) in [4.78, 5) is 53.5. The molecule has 0 radical (unpaired) electrons. The van der Waals surface area contributed by atoms with Gasteiger partial charge in [0, 0.05) is 41.9 Å². The Balaban J connectivity index is 1.21. The molecule has 1 aliphatic heterocycles. The van der Waals surface area contributed by atoms with Crippen LogP contribution in [0.5, 0.6) is 11.5 Å². The van der Waals surface area contributed by atoms with Crippen molar-refractivity contribution in [3.8, 4) is 22.2 Å². The van der Waals surface area contributed by atoms with Crippen molar-refractivity contribution in [3.05, 3.63) is 47.0 Å². The molecule has 0 bridgehead atoms. The van der Waals surface area contributed by atoms with Gasteiger partial charge >= 0.3 is 0 Å². The summed E-state index contributed by atoms with van der Waals surface area (Å²) in [6, 6.07) is 5.66. The van der Waals surface area contributed by atoms with Crippen molar-refractivity contribution in [3.63, 3.8) is 0 Å². The van der Waals surface area contributed by atoms with Crippen molar-refractivity contribution in [2.75, 3.05) is 20.7 Å². The van der Waals surface area contributed by atoms with Crippen LogP contribution in [-0.4, -0.2) is 78.6 Å². The van der Waals surface area contributed by atoms with Crippen LogP contribution in [-0.2, 0) is 24.4 Å². The van der Waals surface area contributed by atoms with Gasteiger partial charge in [0.15, 0.2) is 0 Å². The Morgan fingerprint density at radius 3 is 2.60 bits per heavy atom. The Hall–Kier alpha value is -4.04. The van der Waals surface area contributed by atoms with Crippen LogP contribution in [0.2, 0.25) is 0 Å². The molecule has 5 unspecified atom stereocenters. The second-order valence-corrected chi connectivity index (χ2v) is 17.9. The number of carbonyl (C=O) groups is 3. The zero-order valence-corrected chi connectivity index (χ0v) is 31.9. The summed E-state index contributed by atoms with van der Waals surface area (Å²) in [7, 11) is -0.445. The van der Waals surface area contributed by atoms with Gasteiger partial charge in [-0.1, -0.05) is 26.0 Å². The molecule has 0 saturated heterocycles. The van der Waals surface area contributed by atoms with E-state index in [-0.39, 0.29) is 30.6 Å². The molecule has 3 aliphatic carbocycles. The number of allylic oxidation sites excluding steroid dienone is 1. The zero-order valence-electron chi connectivity index (χ0n) is 30.3. The van der Waals surface area contributed by atoms with Crippen molar-refractivity contribution in [1.82, 2.24) is 24.9 Å². The van der Waals surface area contributed by atoms with E-state index >= 15 is 0 Å². The maximum absolute atomic E-state index is 14.3. The lowest BCUT2D eigenvalue weighted by atomic mass is 9.93. The molecule has 278 valence electrons. The number of ether oxygens (including phenoxy) is 2. The summed E-state index contributed by atoms with van der Waals surface area (Å²) in [6.45, 7) is 6.69. The molecule has 7 rings (SSSR count). The highest BCUT2D eigenvalue weighted by Gasteiger charge is 2.62. The van der Waals surface area contributed by atoms with Crippen LogP contribution in [0.3, 0.4) is 0 Å². The van der Waals surface area contributed by atoms with Crippen LogP contribution in [0, 0.1) is 24.7 Å². The molecule has 12 nitrogen and oxygen atoms in total. The zero-order chi connectivity index (χ0) is 36.9.